The Kier molecular flexibility index (Phi) is 7.04. The highest BCUT2D eigenvalue weighted by atomic mass is 19.1. The van der Waals surface area contributed by atoms with E-state index in [1.807, 2.05) is 13.0 Å². The summed E-state index contributed by atoms with van der Waals surface area (Å²) in [5, 5.41) is 5.71. The molecule has 1 amide bonds. The van der Waals surface area contributed by atoms with E-state index in [0.29, 0.717) is 36.9 Å². The number of benzene rings is 2. The van der Waals surface area contributed by atoms with Gasteiger partial charge in [-0.25, -0.2) is 4.39 Å². The molecule has 0 heterocycles. The van der Waals surface area contributed by atoms with E-state index in [1.54, 1.807) is 30.3 Å². The number of ether oxygens (including phenoxy) is 2. The highest BCUT2D eigenvalue weighted by Gasteiger charge is 2.04. The normalized spacial score (nSPS) is 10.2. The first-order valence-corrected chi connectivity index (χ1v) is 7.77. The van der Waals surface area contributed by atoms with Crippen molar-refractivity contribution in [2.75, 3.05) is 37.0 Å². The molecule has 0 saturated heterocycles. The number of anilines is 2. The number of amides is 1. The van der Waals surface area contributed by atoms with Gasteiger partial charge in [0.05, 0.1) is 13.2 Å². The monoisotopic (exact) mass is 332 g/mol. The summed E-state index contributed by atoms with van der Waals surface area (Å²) < 4.78 is 23.6. The first kappa shape index (κ1) is 17.7. The molecule has 0 aliphatic heterocycles. The Morgan fingerprint density at radius 1 is 1.08 bits per heavy atom. The van der Waals surface area contributed by atoms with Crippen LogP contribution in [0.2, 0.25) is 0 Å². The predicted octanol–water partition coefficient (Wildman–Crippen LogP) is 3.29. The van der Waals surface area contributed by atoms with E-state index in [9.17, 15) is 9.18 Å². The highest BCUT2D eigenvalue weighted by Crippen LogP contribution is 2.17. The van der Waals surface area contributed by atoms with Gasteiger partial charge in [0.1, 0.15) is 18.2 Å². The van der Waals surface area contributed by atoms with Crippen molar-refractivity contribution in [3.8, 4) is 5.75 Å². The molecule has 0 fully saturated rings. The van der Waals surface area contributed by atoms with Crippen LogP contribution in [0.25, 0.3) is 0 Å². The van der Waals surface area contributed by atoms with Crippen LogP contribution in [0.3, 0.4) is 0 Å². The fraction of sp³-hybridized carbons (Fsp3) is 0.278. The Morgan fingerprint density at radius 2 is 1.88 bits per heavy atom. The number of halogens is 1. The fourth-order valence-corrected chi connectivity index (χ4v) is 1.98. The molecule has 0 spiro atoms. The lowest BCUT2D eigenvalue weighted by Crippen LogP contribution is -2.21. The molecular weight excluding hydrogens is 311 g/mol. The van der Waals surface area contributed by atoms with Gasteiger partial charge in [0.15, 0.2) is 0 Å². The smallest absolute Gasteiger partial charge is 0.243 e. The van der Waals surface area contributed by atoms with Gasteiger partial charge in [0.2, 0.25) is 5.91 Å². The molecule has 24 heavy (non-hydrogen) atoms. The topological polar surface area (TPSA) is 59.6 Å². The van der Waals surface area contributed by atoms with Crippen molar-refractivity contribution in [1.82, 2.24) is 0 Å². The van der Waals surface area contributed by atoms with E-state index in [1.165, 1.54) is 12.1 Å². The van der Waals surface area contributed by atoms with Gasteiger partial charge >= 0.3 is 0 Å². The van der Waals surface area contributed by atoms with Crippen LogP contribution >= 0.6 is 0 Å². The minimum absolute atomic E-state index is 0.0844. The van der Waals surface area contributed by atoms with E-state index in [-0.39, 0.29) is 18.3 Å². The van der Waals surface area contributed by atoms with Crippen molar-refractivity contribution >= 4 is 17.3 Å². The highest BCUT2D eigenvalue weighted by molar-refractivity contribution is 5.93. The van der Waals surface area contributed by atoms with Gasteiger partial charge in [0, 0.05) is 24.0 Å². The van der Waals surface area contributed by atoms with E-state index in [2.05, 4.69) is 10.6 Å². The maximum absolute atomic E-state index is 12.8. The van der Waals surface area contributed by atoms with Crippen LogP contribution in [0.15, 0.2) is 48.5 Å². The van der Waals surface area contributed by atoms with Crippen molar-refractivity contribution in [3.63, 3.8) is 0 Å². The number of carbonyl (C=O) groups is 1. The van der Waals surface area contributed by atoms with Crippen LogP contribution in [-0.2, 0) is 9.53 Å². The Labute approximate surface area is 140 Å². The zero-order valence-electron chi connectivity index (χ0n) is 13.5. The van der Waals surface area contributed by atoms with Gasteiger partial charge in [-0.3, -0.25) is 4.79 Å². The molecule has 128 valence electrons. The molecule has 0 atom stereocenters. The van der Waals surface area contributed by atoms with E-state index >= 15 is 0 Å². The molecule has 2 aromatic carbocycles. The average Bonchev–Trinajstić information content (AvgIpc) is 2.59. The third-order valence-corrected chi connectivity index (χ3v) is 3.12. The van der Waals surface area contributed by atoms with Gasteiger partial charge in [-0.2, -0.15) is 0 Å². The van der Waals surface area contributed by atoms with E-state index in [4.69, 9.17) is 9.47 Å². The fourth-order valence-electron chi connectivity index (χ4n) is 1.98. The standard InChI is InChI=1S/C18H21FN2O3/c1-2-23-10-11-24-17-5-3-4-16(12-17)21-18(22)13-20-15-8-6-14(19)7-9-15/h3-9,12,20H,2,10-11,13H2,1H3,(H,21,22). The summed E-state index contributed by atoms with van der Waals surface area (Å²) in [4.78, 5) is 12.0. The second-order valence-corrected chi connectivity index (χ2v) is 4.98. The number of hydrogen-bond acceptors (Lipinski definition) is 4. The third kappa shape index (κ3) is 6.26. The maximum atomic E-state index is 12.8. The molecule has 2 N–H and O–H groups in total. The molecule has 2 aromatic rings. The number of rotatable bonds is 9. The molecule has 0 radical (unpaired) electrons. The average molecular weight is 332 g/mol. The second-order valence-electron chi connectivity index (χ2n) is 4.98. The number of nitrogens with one attached hydrogen (secondary N) is 2. The van der Waals surface area contributed by atoms with Crippen LogP contribution < -0.4 is 15.4 Å². The zero-order valence-corrected chi connectivity index (χ0v) is 13.5. The molecule has 0 unspecified atom stereocenters. The molecule has 0 aromatic heterocycles. The minimum Gasteiger partial charge on any atom is -0.491 e. The van der Waals surface area contributed by atoms with Gasteiger partial charge in [0.25, 0.3) is 0 Å². The van der Waals surface area contributed by atoms with Crippen LogP contribution in [0.4, 0.5) is 15.8 Å². The Bertz CT molecular complexity index is 647. The van der Waals surface area contributed by atoms with Crippen molar-refractivity contribution < 1.29 is 18.7 Å². The van der Waals surface area contributed by atoms with Crippen molar-refractivity contribution in [2.24, 2.45) is 0 Å². The molecule has 0 saturated carbocycles. The lowest BCUT2D eigenvalue weighted by molar-refractivity contribution is -0.114. The molecule has 5 nitrogen and oxygen atoms in total. The van der Waals surface area contributed by atoms with Crippen LogP contribution in [0.5, 0.6) is 5.75 Å². The summed E-state index contributed by atoms with van der Waals surface area (Å²) in [5.41, 5.74) is 1.33. The predicted molar refractivity (Wildman–Crippen MR) is 91.9 cm³/mol. The van der Waals surface area contributed by atoms with Crippen molar-refractivity contribution in [2.45, 2.75) is 6.92 Å². The molecule has 0 bridgehead atoms. The Morgan fingerprint density at radius 3 is 2.62 bits per heavy atom. The second kappa shape index (κ2) is 9.52. The Hall–Kier alpha value is -2.60. The molecule has 2 rings (SSSR count). The van der Waals surface area contributed by atoms with Gasteiger partial charge < -0.3 is 20.1 Å². The summed E-state index contributed by atoms with van der Waals surface area (Å²) in [6.07, 6.45) is 0. The third-order valence-electron chi connectivity index (χ3n) is 3.12. The van der Waals surface area contributed by atoms with E-state index < -0.39 is 0 Å². The Balaban J connectivity index is 1.79. The largest absolute Gasteiger partial charge is 0.491 e. The first-order valence-electron chi connectivity index (χ1n) is 7.77. The summed E-state index contributed by atoms with van der Waals surface area (Å²) in [5.74, 6) is 0.149. The number of hydrogen-bond donors (Lipinski definition) is 2. The summed E-state index contributed by atoms with van der Waals surface area (Å²) in [6.45, 7) is 3.64. The summed E-state index contributed by atoms with van der Waals surface area (Å²) in [6, 6.07) is 13.0. The number of carbonyl (C=O) groups excluding carboxylic acids is 1. The van der Waals surface area contributed by atoms with Crippen LogP contribution in [-0.4, -0.2) is 32.3 Å². The van der Waals surface area contributed by atoms with Crippen molar-refractivity contribution in [1.29, 1.82) is 0 Å². The van der Waals surface area contributed by atoms with Crippen LogP contribution in [0.1, 0.15) is 6.92 Å². The lowest BCUT2D eigenvalue weighted by Gasteiger charge is -2.10. The first-order chi connectivity index (χ1) is 11.7. The molecule has 0 aliphatic carbocycles. The van der Waals surface area contributed by atoms with Crippen molar-refractivity contribution in [3.05, 3.63) is 54.3 Å². The summed E-state index contributed by atoms with van der Waals surface area (Å²) in [7, 11) is 0. The maximum Gasteiger partial charge on any atom is 0.243 e. The van der Waals surface area contributed by atoms with E-state index in [0.717, 1.165) is 0 Å². The minimum atomic E-state index is -0.314. The van der Waals surface area contributed by atoms with Gasteiger partial charge in [-0.05, 0) is 43.3 Å². The molecule has 6 heteroatoms. The molecular formula is C18H21FN2O3. The SMILES string of the molecule is CCOCCOc1cccc(NC(=O)CNc2ccc(F)cc2)c1. The van der Waals surface area contributed by atoms with Gasteiger partial charge in [-0.1, -0.05) is 6.07 Å². The van der Waals surface area contributed by atoms with Gasteiger partial charge in [-0.15, -0.1) is 0 Å². The lowest BCUT2D eigenvalue weighted by atomic mass is 10.3. The molecule has 0 aliphatic rings. The zero-order chi connectivity index (χ0) is 17.2. The van der Waals surface area contributed by atoms with Crippen LogP contribution in [0, 0.1) is 5.82 Å². The quantitative estimate of drug-likeness (QED) is 0.692. The summed E-state index contributed by atoms with van der Waals surface area (Å²) >= 11 is 0.